The van der Waals surface area contributed by atoms with Gasteiger partial charge in [-0.15, -0.1) is 0 Å². The van der Waals surface area contributed by atoms with Gasteiger partial charge in [0.05, 0.1) is 6.54 Å². The smallest absolute Gasteiger partial charge is 0.239 e. The van der Waals surface area contributed by atoms with Crippen molar-refractivity contribution >= 4 is 11.8 Å². The van der Waals surface area contributed by atoms with Crippen LogP contribution in [-0.4, -0.2) is 42.4 Å². The Bertz CT molecular complexity index is 291. The van der Waals surface area contributed by atoms with Crippen LogP contribution in [0.2, 0.25) is 0 Å². The Morgan fingerprint density at radius 2 is 2.06 bits per heavy atom. The van der Waals surface area contributed by atoms with Crippen LogP contribution in [0, 0.1) is 5.92 Å². The molecule has 0 aliphatic heterocycles. The maximum absolute atomic E-state index is 12.0. The van der Waals surface area contributed by atoms with E-state index in [1.165, 1.54) is 4.90 Å². The predicted octanol–water partition coefficient (Wildman–Crippen LogP) is 0.0968. The summed E-state index contributed by atoms with van der Waals surface area (Å²) in [5, 5.41) is 2.77. The molecule has 17 heavy (non-hydrogen) atoms. The second-order valence-corrected chi connectivity index (χ2v) is 5.19. The lowest BCUT2D eigenvalue weighted by Gasteiger charge is -2.21. The van der Waals surface area contributed by atoms with Crippen LogP contribution in [0.5, 0.6) is 0 Å². The molecule has 2 unspecified atom stereocenters. The van der Waals surface area contributed by atoms with Crippen molar-refractivity contribution in [3.63, 3.8) is 0 Å². The third-order valence-corrected chi connectivity index (χ3v) is 3.03. The highest BCUT2D eigenvalue weighted by molar-refractivity contribution is 5.86. The van der Waals surface area contributed by atoms with Crippen LogP contribution in [0.25, 0.3) is 0 Å². The molecule has 3 N–H and O–H groups in total. The van der Waals surface area contributed by atoms with Crippen molar-refractivity contribution in [3.8, 4) is 0 Å². The van der Waals surface area contributed by atoms with Crippen LogP contribution in [0.1, 0.15) is 33.1 Å². The van der Waals surface area contributed by atoms with Gasteiger partial charge in [0.25, 0.3) is 0 Å². The number of nitrogens with two attached hydrogens (primary N) is 1. The van der Waals surface area contributed by atoms with Crippen molar-refractivity contribution in [1.29, 1.82) is 0 Å². The van der Waals surface area contributed by atoms with Gasteiger partial charge in [-0.1, -0.05) is 0 Å². The fourth-order valence-electron chi connectivity index (χ4n) is 2.21. The molecule has 0 aromatic rings. The van der Waals surface area contributed by atoms with Crippen LogP contribution in [-0.2, 0) is 9.59 Å². The van der Waals surface area contributed by atoms with Crippen molar-refractivity contribution in [2.75, 3.05) is 13.6 Å². The number of carbonyl (C=O) groups is 2. The second-order valence-electron chi connectivity index (χ2n) is 5.19. The molecule has 2 amide bonds. The van der Waals surface area contributed by atoms with E-state index in [9.17, 15) is 9.59 Å². The average molecular weight is 241 g/mol. The van der Waals surface area contributed by atoms with E-state index in [1.54, 1.807) is 7.05 Å². The highest BCUT2D eigenvalue weighted by atomic mass is 16.2. The van der Waals surface area contributed by atoms with E-state index in [-0.39, 0.29) is 36.4 Å². The van der Waals surface area contributed by atoms with Crippen molar-refractivity contribution in [2.45, 2.75) is 45.2 Å². The molecular formula is C12H23N3O2. The summed E-state index contributed by atoms with van der Waals surface area (Å²) in [4.78, 5) is 25.0. The van der Waals surface area contributed by atoms with Crippen LogP contribution in [0.15, 0.2) is 0 Å². The highest BCUT2D eigenvalue weighted by Crippen LogP contribution is 2.25. The molecule has 1 saturated carbocycles. The third kappa shape index (κ3) is 4.34. The van der Waals surface area contributed by atoms with Gasteiger partial charge in [-0.3, -0.25) is 9.59 Å². The summed E-state index contributed by atoms with van der Waals surface area (Å²) in [5.41, 5.74) is 5.78. The first-order chi connectivity index (χ1) is 7.90. The van der Waals surface area contributed by atoms with Crippen LogP contribution in [0.3, 0.4) is 0 Å². The van der Waals surface area contributed by atoms with E-state index in [1.807, 2.05) is 13.8 Å². The van der Waals surface area contributed by atoms with Gasteiger partial charge in [-0.25, -0.2) is 0 Å². The number of hydrogen-bond acceptors (Lipinski definition) is 3. The molecule has 0 radical (unpaired) electrons. The lowest BCUT2D eigenvalue weighted by Crippen LogP contribution is -2.42. The second kappa shape index (κ2) is 6.00. The van der Waals surface area contributed by atoms with Crippen molar-refractivity contribution in [3.05, 3.63) is 0 Å². The van der Waals surface area contributed by atoms with Gasteiger partial charge in [-0.05, 0) is 33.1 Å². The average Bonchev–Trinajstić information content (AvgIpc) is 2.62. The summed E-state index contributed by atoms with van der Waals surface area (Å²) < 4.78 is 0. The molecule has 0 heterocycles. The molecule has 0 saturated heterocycles. The largest absolute Gasteiger partial charge is 0.352 e. The van der Waals surface area contributed by atoms with Crippen molar-refractivity contribution in [1.82, 2.24) is 10.2 Å². The minimum atomic E-state index is -0.113. The highest BCUT2D eigenvalue weighted by Gasteiger charge is 2.30. The summed E-state index contributed by atoms with van der Waals surface area (Å²) in [6, 6.07) is 0.243. The molecular weight excluding hydrogens is 218 g/mol. The first-order valence-corrected chi connectivity index (χ1v) is 6.20. The molecule has 0 aromatic carbocycles. The number of nitrogens with one attached hydrogen (secondary N) is 1. The van der Waals surface area contributed by atoms with Gasteiger partial charge in [-0.2, -0.15) is 0 Å². The van der Waals surface area contributed by atoms with E-state index >= 15 is 0 Å². The summed E-state index contributed by atoms with van der Waals surface area (Å²) >= 11 is 0. The number of carbonyl (C=O) groups excluding carboxylic acids is 2. The fourth-order valence-corrected chi connectivity index (χ4v) is 2.21. The van der Waals surface area contributed by atoms with E-state index in [0.717, 1.165) is 19.3 Å². The summed E-state index contributed by atoms with van der Waals surface area (Å²) in [6.07, 6.45) is 2.49. The van der Waals surface area contributed by atoms with Gasteiger partial charge < -0.3 is 16.0 Å². The minimum absolute atomic E-state index is 0.00171. The van der Waals surface area contributed by atoms with Gasteiger partial charge in [0.1, 0.15) is 0 Å². The quantitative estimate of drug-likeness (QED) is 0.733. The summed E-state index contributed by atoms with van der Waals surface area (Å²) in [5.74, 6) is -0.0724. The minimum Gasteiger partial charge on any atom is -0.352 e. The molecule has 1 rings (SSSR count). The zero-order valence-electron chi connectivity index (χ0n) is 10.9. The number of amides is 2. The maximum Gasteiger partial charge on any atom is 0.239 e. The van der Waals surface area contributed by atoms with Crippen LogP contribution >= 0.6 is 0 Å². The summed E-state index contributed by atoms with van der Waals surface area (Å²) in [6.45, 7) is 3.92. The van der Waals surface area contributed by atoms with Gasteiger partial charge >= 0.3 is 0 Å². The molecule has 5 nitrogen and oxygen atoms in total. The molecule has 1 aliphatic rings. The molecule has 0 aromatic heterocycles. The monoisotopic (exact) mass is 241 g/mol. The lowest BCUT2D eigenvalue weighted by molar-refractivity contribution is -0.138. The zero-order chi connectivity index (χ0) is 13.0. The van der Waals surface area contributed by atoms with E-state index in [0.29, 0.717) is 0 Å². The van der Waals surface area contributed by atoms with Crippen LogP contribution < -0.4 is 11.1 Å². The van der Waals surface area contributed by atoms with Gasteiger partial charge in [0.15, 0.2) is 0 Å². The Kier molecular flexibility index (Phi) is 4.93. The summed E-state index contributed by atoms with van der Waals surface area (Å²) in [7, 11) is 1.67. The first kappa shape index (κ1) is 14.0. The fraction of sp³-hybridized carbons (Fsp3) is 0.833. The lowest BCUT2D eigenvalue weighted by atomic mass is 10.1. The van der Waals surface area contributed by atoms with Crippen molar-refractivity contribution in [2.24, 2.45) is 11.7 Å². The Labute approximate surface area is 103 Å². The number of rotatable bonds is 4. The molecule has 98 valence electrons. The number of nitrogens with zero attached hydrogens (tertiary/aromatic N) is 1. The van der Waals surface area contributed by atoms with Gasteiger partial charge in [0.2, 0.25) is 11.8 Å². The van der Waals surface area contributed by atoms with E-state index < -0.39 is 0 Å². The number of hydrogen-bond donors (Lipinski definition) is 2. The van der Waals surface area contributed by atoms with Crippen molar-refractivity contribution < 1.29 is 9.59 Å². The Balaban J connectivity index is 2.39. The Morgan fingerprint density at radius 3 is 2.53 bits per heavy atom. The number of likely N-dealkylation sites (N-methyl/N-ethyl adjacent to an activating group) is 1. The Morgan fingerprint density at radius 1 is 1.41 bits per heavy atom. The molecule has 1 aliphatic carbocycles. The molecule has 1 fully saturated rings. The maximum atomic E-state index is 12.0. The zero-order valence-corrected chi connectivity index (χ0v) is 10.9. The molecule has 0 bridgehead atoms. The molecule has 5 heteroatoms. The Hall–Kier alpha value is -1.10. The predicted molar refractivity (Wildman–Crippen MR) is 66.2 cm³/mol. The molecule has 0 spiro atoms. The van der Waals surface area contributed by atoms with E-state index in [2.05, 4.69) is 5.32 Å². The van der Waals surface area contributed by atoms with Crippen LogP contribution in [0.4, 0.5) is 0 Å². The molecule has 2 atom stereocenters. The van der Waals surface area contributed by atoms with E-state index in [4.69, 9.17) is 5.73 Å². The normalized spacial score (nSPS) is 23.8. The topological polar surface area (TPSA) is 75.4 Å². The SMILES string of the molecule is CC(C)NC(=O)CN(C)C(=O)C1CCC(N)C1. The van der Waals surface area contributed by atoms with Gasteiger partial charge in [0, 0.05) is 25.0 Å². The standard InChI is InChI=1S/C12H23N3O2/c1-8(2)14-11(16)7-15(3)12(17)9-4-5-10(13)6-9/h8-10H,4-7,13H2,1-3H3,(H,14,16). The first-order valence-electron chi connectivity index (χ1n) is 6.20. The third-order valence-electron chi connectivity index (χ3n) is 3.03.